The number of hydrogen-bond donors (Lipinski definition) is 2. The Kier molecular flexibility index (Phi) is 5.99. The first-order valence-electron chi connectivity index (χ1n) is 10.1. The zero-order valence-electron chi connectivity index (χ0n) is 17.4. The van der Waals surface area contributed by atoms with Crippen molar-refractivity contribution in [3.8, 4) is 0 Å². The van der Waals surface area contributed by atoms with Crippen molar-refractivity contribution in [3.63, 3.8) is 0 Å². The Morgan fingerprint density at radius 1 is 1.13 bits per heavy atom. The predicted octanol–water partition coefficient (Wildman–Crippen LogP) is 4.87. The van der Waals surface area contributed by atoms with Crippen molar-refractivity contribution in [2.45, 2.75) is 32.7 Å². The number of nitrogens with zero attached hydrogens (tertiary/aromatic N) is 3. The summed E-state index contributed by atoms with van der Waals surface area (Å²) in [4.78, 5) is 27.1. The number of piperidine rings is 1. The van der Waals surface area contributed by atoms with Gasteiger partial charge in [-0.1, -0.05) is 23.7 Å². The molecule has 0 spiro atoms. The molecule has 1 aliphatic heterocycles. The molecule has 8 nitrogen and oxygen atoms in total. The minimum absolute atomic E-state index is 0.00858. The van der Waals surface area contributed by atoms with Crippen molar-refractivity contribution in [1.29, 1.82) is 0 Å². The number of furan rings is 1. The van der Waals surface area contributed by atoms with E-state index < -0.39 is 6.03 Å². The van der Waals surface area contributed by atoms with E-state index in [1.807, 2.05) is 18.7 Å². The topological polar surface area (TPSA) is 92.4 Å². The number of rotatable bonds is 4. The molecule has 1 aliphatic rings. The number of para-hydroxylation sites is 1. The van der Waals surface area contributed by atoms with E-state index in [9.17, 15) is 9.59 Å². The van der Waals surface area contributed by atoms with Crippen LogP contribution in [0.1, 0.15) is 40.8 Å². The first-order valence-corrected chi connectivity index (χ1v) is 10.5. The number of aryl methyl sites for hydroxylation is 2. The number of carbonyl (C=O) groups excluding carboxylic acids is 2. The van der Waals surface area contributed by atoms with Gasteiger partial charge >= 0.3 is 6.03 Å². The monoisotopic (exact) mass is 441 g/mol. The van der Waals surface area contributed by atoms with Gasteiger partial charge in [-0.05, 0) is 44.9 Å². The molecule has 3 aromatic rings. The minimum Gasteiger partial charge on any atom is -0.466 e. The van der Waals surface area contributed by atoms with Gasteiger partial charge in [-0.25, -0.2) is 9.48 Å². The van der Waals surface area contributed by atoms with Crippen LogP contribution in [0.25, 0.3) is 0 Å². The standard InChI is InChI=1S/C22H24ClN5O3/c1-14-13-17(15(2)31-14)21(29)27-11-8-16(9-12-27)28-20(7-10-24-28)26-22(30)25-19-6-4-3-5-18(19)23/h3-7,10,13,16H,8-9,11-12H2,1-2H3,(H2,25,26,30). The predicted molar refractivity (Wildman–Crippen MR) is 119 cm³/mol. The third-order valence-corrected chi connectivity index (χ3v) is 5.73. The van der Waals surface area contributed by atoms with Crippen molar-refractivity contribution in [1.82, 2.24) is 14.7 Å². The van der Waals surface area contributed by atoms with E-state index in [4.69, 9.17) is 16.0 Å². The summed E-state index contributed by atoms with van der Waals surface area (Å²) in [7, 11) is 0. The summed E-state index contributed by atoms with van der Waals surface area (Å²) in [5.74, 6) is 1.96. The zero-order valence-corrected chi connectivity index (χ0v) is 18.1. The number of hydrogen-bond acceptors (Lipinski definition) is 4. The minimum atomic E-state index is -0.395. The third-order valence-electron chi connectivity index (χ3n) is 5.40. The van der Waals surface area contributed by atoms with Crippen molar-refractivity contribution >= 4 is 35.0 Å². The highest BCUT2D eigenvalue weighted by Gasteiger charge is 2.28. The maximum Gasteiger partial charge on any atom is 0.324 e. The van der Waals surface area contributed by atoms with Gasteiger partial charge in [0.05, 0.1) is 28.5 Å². The van der Waals surface area contributed by atoms with Crippen LogP contribution in [0.5, 0.6) is 0 Å². The highest BCUT2D eigenvalue weighted by molar-refractivity contribution is 6.33. The van der Waals surface area contributed by atoms with Crippen molar-refractivity contribution in [2.24, 2.45) is 0 Å². The van der Waals surface area contributed by atoms with Gasteiger partial charge in [-0.2, -0.15) is 5.10 Å². The molecular formula is C22H24ClN5O3. The average molecular weight is 442 g/mol. The molecule has 31 heavy (non-hydrogen) atoms. The molecule has 4 rings (SSSR count). The first-order chi connectivity index (χ1) is 14.9. The van der Waals surface area contributed by atoms with Gasteiger partial charge < -0.3 is 14.6 Å². The highest BCUT2D eigenvalue weighted by atomic mass is 35.5. The van der Waals surface area contributed by atoms with Crippen molar-refractivity contribution < 1.29 is 14.0 Å². The Balaban J connectivity index is 1.37. The lowest BCUT2D eigenvalue weighted by molar-refractivity contribution is 0.0689. The van der Waals surface area contributed by atoms with Crippen LogP contribution in [0.2, 0.25) is 5.02 Å². The Bertz CT molecular complexity index is 1100. The fraction of sp³-hybridized carbons (Fsp3) is 0.318. The molecule has 1 aromatic carbocycles. The van der Waals surface area contributed by atoms with E-state index in [-0.39, 0.29) is 11.9 Å². The molecule has 1 saturated heterocycles. The molecule has 0 bridgehead atoms. The van der Waals surface area contributed by atoms with Crippen LogP contribution in [0.4, 0.5) is 16.3 Å². The molecule has 0 aliphatic carbocycles. The van der Waals surface area contributed by atoms with Gasteiger partial charge in [0.1, 0.15) is 17.3 Å². The Morgan fingerprint density at radius 2 is 1.87 bits per heavy atom. The van der Waals surface area contributed by atoms with Gasteiger partial charge in [0.2, 0.25) is 0 Å². The number of carbonyl (C=O) groups is 2. The number of anilines is 2. The molecule has 0 atom stereocenters. The number of amides is 3. The number of nitrogens with one attached hydrogen (secondary N) is 2. The molecule has 0 radical (unpaired) electrons. The summed E-state index contributed by atoms with van der Waals surface area (Å²) in [6.07, 6.45) is 3.13. The second kappa shape index (κ2) is 8.85. The molecule has 9 heteroatoms. The average Bonchev–Trinajstić information content (AvgIpc) is 3.34. The smallest absolute Gasteiger partial charge is 0.324 e. The van der Waals surface area contributed by atoms with E-state index in [1.165, 1.54) is 0 Å². The first kappa shape index (κ1) is 21.0. The van der Waals surface area contributed by atoms with Gasteiger partial charge in [-0.15, -0.1) is 0 Å². The van der Waals surface area contributed by atoms with Crippen LogP contribution in [-0.4, -0.2) is 39.7 Å². The summed E-state index contributed by atoms with van der Waals surface area (Å²) in [5, 5.41) is 10.4. The van der Waals surface area contributed by atoms with E-state index >= 15 is 0 Å². The third kappa shape index (κ3) is 4.59. The van der Waals surface area contributed by atoms with E-state index in [0.717, 1.165) is 18.6 Å². The lowest BCUT2D eigenvalue weighted by Gasteiger charge is -2.32. The number of halogens is 1. The Hall–Kier alpha value is -3.26. The lowest BCUT2D eigenvalue weighted by atomic mass is 10.0. The fourth-order valence-corrected chi connectivity index (χ4v) is 4.05. The largest absolute Gasteiger partial charge is 0.466 e. The SMILES string of the molecule is Cc1cc(C(=O)N2CCC(n3nccc3NC(=O)Nc3ccccc3Cl)CC2)c(C)o1. The van der Waals surface area contributed by atoms with Gasteiger partial charge in [0.15, 0.2) is 0 Å². The summed E-state index contributed by atoms with van der Waals surface area (Å²) in [6.45, 7) is 4.86. The van der Waals surface area contributed by atoms with E-state index in [0.29, 0.717) is 40.9 Å². The number of benzene rings is 1. The summed E-state index contributed by atoms with van der Waals surface area (Å²) in [5.41, 5.74) is 1.15. The second-order valence-corrected chi connectivity index (χ2v) is 7.98. The molecule has 162 valence electrons. The van der Waals surface area contributed by atoms with Crippen LogP contribution in [0.15, 0.2) is 47.0 Å². The van der Waals surface area contributed by atoms with E-state index in [2.05, 4.69) is 15.7 Å². The summed E-state index contributed by atoms with van der Waals surface area (Å²) in [6, 6.07) is 10.3. The van der Waals surface area contributed by atoms with Crippen LogP contribution in [-0.2, 0) is 0 Å². The molecule has 0 saturated carbocycles. The molecule has 1 fully saturated rings. The summed E-state index contributed by atoms with van der Waals surface area (Å²) >= 11 is 6.10. The number of urea groups is 1. The number of aromatic nitrogens is 2. The Morgan fingerprint density at radius 3 is 2.55 bits per heavy atom. The maximum atomic E-state index is 12.8. The molecule has 3 amide bonds. The second-order valence-electron chi connectivity index (χ2n) is 7.57. The molecular weight excluding hydrogens is 418 g/mol. The highest BCUT2D eigenvalue weighted by Crippen LogP contribution is 2.27. The quantitative estimate of drug-likeness (QED) is 0.604. The molecule has 2 aromatic heterocycles. The van der Waals surface area contributed by atoms with Gasteiger partial charge in [0, 0.05) is 19.2 Å². The molecule has 2 N–H and O–H groups in total. The van der Waals surface area contributed by atoms with Crippen LogP contribution in [0, 0.1) is 13.8 Å². The fourth-order valence-electron chi connectivity index (χ4n) is 3.86. The normalized spacial score (nSPS) is 14.5. The van der Waals surface area contributed by atoms with Crippen molar-refractivity contribution in [2.75, 3.05) is 23.7 Å². The van der Waals surface area contributed by atoms with Crippen LogP contribution >= 0.6 is 11.6 Å². The van der Waals surface area contributed by atoms with Crippen LogP contribution < -0.4 is 10.6 Å². The van der Waals surface area contributed by atoms with Crippen molar-refractivity contribution in [3.05, 3.63) is 64.7 Å². The van der Waals surface area contributed by atoms with Gasteiger partial charge in [-0.3, -0.25) is 10.1 Å². The van der Waals surface area contributed by atoms with E-state index in [1.54, 1.807) is 47.3 Å². The summed E-state index contributed by atoms with van der Waals surface area (Å²) < 4.78 is 7.30. The molecule has 3 heterocycles. The zero-order chi connectivity index (χ0) is 22.0. The molecule has 0 unspecified atom stereocenters. The van der Waals surface area contributed by atoms with Gasteiger partial charge in [0.25, 0.3) is 5.91 Å². The Labute approximate surface area is 185 Å². The maximum absolute atomic E-state index is 12.8. The van der Waals surface area contributed by atoms with Crippen LogP contribution in [0.3, 0.4) is 0 Å². The number of likely N-dealkylation sites (tertiary alicyclic amines) is 1. The lowest BCUT2D eigenvalue weighted by Crippen LogP contribution is -2.39.